The van der Waals surface area contributed by atoms with Crippen molar-refractivity contribution in [1.82, 2.24) is 4.72 Å². The van der Waals surface area contributed by atoms with E-state index in [0.717, 1.165) is 18.7 Å². The molecule has 1 N–H and O–H groups in total. The summed E-state index contributed by atoms with van der Waals surface area (Å²) in [6, 6.07) is 13.4. The van der Waals surface area contributed by atoms with Gasteiger partial charge in [0, 0.05) is 24.8 Å². The molecule has 0 radical (unpaired) electrons. The number of ether oxygens (including phenoxy) is 1. The third kappa shape index (κ3) is 4.72. The molecular formula is C21H26N2O4S. The lowest BCUT2D eigenvalue weighted by molar-refractivity contribution is 0.0600. The maximum Gasteiger partial charge on any atom is 0.337 e. The Morgan fingerprint density at radius 2 is 1.75 bits per heavy atom. The van der Waals surface area contributed by atoms with Crippen LogP contribution in [0.25, 0.3) is 0 Å². The van der Waals surface area contributed by atoms with Crippen molar-refractivity contribution >= 4 is 21.7 Å². The highest BCUT2D eigenvalue weighted by molar-refractivity contribution is 7.89. The monoisotopic (exact) mass is 402 g/mol. The molecule has 28 heavy (non-hydrogen) atoms. The summed E-state index contributed by atoms with van der Waals surface area (Å²) in [6.45, 7) is 3.94. The minimum absolute atomic E-state index is 0.0344. The molecule has 7 heteroatoms. The van der Waals surface area contributed by atoms with Gasteiger partial charge in [-0.25, -0.2) is 17.9 Å². The van der Waals surface area contributed by atoms with Crippen molar-refractivity contribution in [2.45, 2.75) is 37.1 Å². The van der Waals surface area contributed by atoms with Crippen LogP contribution in [0.3, 0.4) is 0 Å². The van der Waals surface area contributed by atoms with E-state index in [1.54, 1.807) is 6.92 Å². The standard InChI is InChI=1S/C21H26N2O4S/c1-16(17-9-11-19(12-10-17)23-13-4-3-5-14-23)22-28(25,26)20-8-6-7-18(15-20)21(24)27-2/h6-12,15-16,22H,3-5,13-14H2,1-2H3/t16-/m1/s1. The van der Waals surface area contributed by atoms with Crippen LogP contribution < -0.4 is 9.62 Å². The number of hydrogen-bond donors (Lipinski definition) is 1. The maximum atomic E-state index is 12.7. The Morgan fingerprint density at radius 1 is 1.07 bits per heavy atom. The summed E-state index contributed by atoms with van der Waals surface area (Å²) in [6.07, 6.45) is 3.70. The number of carbonyl (C=O) groups is 1. The number of benzene rings is 2. The van der Waals surface area contributed by atoms with Gasteiger partial charge in [-0.3, -0.25) is 0 Å². The number of piperidine rings is 1. The number of carbonyl (C=O) groups excluding carboxylic acids is 1. The number of sulfonamides is 1. The molecule has 2 aromatic rings. The van der Waals surface area contributed by atoms with Crippen molar-refractivity contribution in [1.29, 1.82) is 0 Å². The molecule has 0 unspecified atom stereocenters. The Hall–Kier alpha value is -2.38. The lowest BCUT2D eigenvalue weighted by Gasteiger charge is -2.29. The molecule has 150 valence electrons. The molecule has 0 aliphatic carbocycles. The van der Waals surface area contributed by atoms with Crippen LogP contribution in [-0.2, 0) is 14.8 Å². The molecule has 2 aromatic carbocycles. The number of rotatable bonds is 6. The molecule has 0 aromatic heterocycles. The van der Waals surface area contributed by atoms with E-state index in [1.807, 2.05) is 24.3 Å². The number of hydrogen-bond acceptors (Lipinski definition) is 5. The molecule has 0 spiro atoms. The number of methoxy groups -OCH3 is 1. The molecule has 3 rings (SSSR count). The third-order valence-electron chi connectivity index (χ3n) is 5.01. The van der Waals surface area contributed by atoms with Crippen LogP contribution in [-0.4, -0.2) is 34.6 Å². The SMILES string of the molecule is COC(=O)c1cccc(S(=O)(=O)N[C@H](C)c2ccc(N3CCCCC3)cc2)c1. The molecule has 1 fully saturated rings. The fourth-order valence-corrected chi connectivity index (χ4v) is 4.68. The largest absolute Gasteiger partial charge is 0.465 e. The second kappa shape index (κ2) is 8.75. The summed E-state index contributed by atoms with van der Waals surface area (Å²) < 4.78 is 32.8. The molecule has 1 atom stereocenters. The smallest absolute Gasteiger partial charge is 0.337 e. The minimum Gasteiger partial charge on any atom is -0.465 e. The predicted molar refractivity (Wildman–Crippen MR) is 109 cm³/mol. The van der Waals surface area contributed by atoms with Crippen LogP contribution in [0.1, 0.15) is 48.1 Å². The van der Waals surface area contributed by atoms with E-state index in [4.69, 9.17) is 0 Å². The first kappa shape index (κ1) is 20.4. The van der Waals surface area contributed by atoms with E-state index in [-0.39, 0.29) is 10.5 Å². The van der Waals surface area contributed by atoms with Gasteiger partial charge in [0.25, 0.3) is 0 Å². The van der Waals surface area contributed by atoms with Crippen LogP contribution in [0.15, 0.2) is 53.4 Å². The fourth-order valence-electron chi connectivity index (χ4n) is 3.40. The summed E-state index contributed by atoms with van der Waals surface area (Å²) >= 11 is 0. The molecule has 1 aliphatic rings. The quantitative estimate of drug-likeness (QED) is 0.749. The van der Waals surface area contributed by atoms with Crippen LogP contribution in [0.5, 0.6) is 0 Å². The fraction of sp³-hybridized carbons (Fsp3) is 0.381. The number of nitrogens with zero attached hydrogens (tertiary/aromatic N) is 1. The summed E-state index contributed by atoms with van der Waals surface area (Å²) in [5.41, 5.74) is 2.25. The van der Waals surface area contributed by atoms with Crippen molar-refractivity contribution in [2.75, 3.05) is 25.1 Å². The highest BCUT2D eigenvalue weighted by Crippen LogP contribution is 2.23. The van der Waals surface area contributed by atoms with Crippen LogP contribution >= 0.6 is 0 Å². The zero-order valence-electron chi connectivity index (χ0n) is 16.2. The van der Waals surface area contributed by atoms with Gasteiger partial charge in [-0.05, 0) is 62.1 Å². The molecule has 0 amide bonds. The van der Waals surface area contributed by atoms with E-state index in [1.165, 1.54) is 56.3 Å². The summed E-state index contributed by atoms with van der Waals surface area (Å²) in [5, 5.41) is 0. The summed E-state index contributed by atoms with van der Waals surface area (Å²) in [4.78, 5) is 14.1. The van der Waals surface area contributed by atoms with Crippen LogP contribution in [0.2, 0.25) is 0 Å². The van der Waals surface area contributed by atoms with E-state index in [2.05, 4.69) is 14.4 Å². The van der Waals surface area contributed by atoms with Crippen LogP contribution in [0, 0.1) is 0 Å². The van der Waals surface area contributed by atoms with Gasteiger partial charge in [0.1, 0.15) is 0 Å². The van der Waals surface area contributed by atoms with Crippen molar-refractivity contribution in [3.63, 3.8) is 0 Å². The Kier molecular flexibility index (Phi) is 6.36. The highest BCUT2D eigenvalue weighted by Gasteiger charge is 2.20. The minimum atomic E-state index is -3.77. The van der Waals surface area contributed by atoms with Gasteiger partial charge in [-0.15, -0.1) is 0 Å². The first-order chi connectivity index (χ1) is 13.4. The zero-order chi connectivity index (χ0) is 20.1. The second-order valence-electron chi connectivity index (χ2n) is 7.00. The molecule has 1 aliphatic heterocycles. The van der Waals surface area contributed by atoms with Gasteiger partial charge in [0.05, 0.1) is 17.6 Å². The molecule has 1 heterocycles. The lowest BCUT2D eigenvalue weighted by Crippen LogP contribution is -2.29. The average Bonchev–Trinajstić information content (AvgIpc) is 2.73. The van der Waals surface area contributed by atoms with Crippen molar-refractivity contribution in [3.05, 3.63) is 59.7 Å². The number of esters is 1. The van der Waals surface area contributed by atoms with Crippen molar-refractivity contribution in [3.8, 4) is 0 Å². The lowest BCUT2D eigenvalue weighted by atomic mass is 10.1. The van der Waals surface area contributed by atoms with Crippen molar-refractivity contribution in [2.24, 2.45) is 0 Å². The molecule has 6 nitrogen and oxygen atoms in total. The highest BCUT2D eigenvalue weighted by atomic mass is 32.2. The number of anilines is 1. The third-order valence-corrected chi connectivity index (χ3v) is 6.55. The van der Waals surface area contributed by atoms with E-state index in [9.17, 15) is 13.2 Å². The van der Waals surface area contributed by atoms with Gasteiger partial charge in [-0.1, -0.05) is 18.2 Å². The van der Waals surface area contributed by atoms with E-state index >= 15 is 0 Å². The van der Waals surface area contributed by atoms with Crippen LogP contribution in [0.4, 0.5) is 5.69 Å². The van der Waals surface area contributed by atoms with Gasteiger partial charge >= 0.3 is 5.97 Å². The zero-order valence-corrected chi connectivity index (χ0v) is 17.0. The normalized spacial score (nSPS) is 15.9. The Morgan fingerprint density at radius 3 is 2.39 bits per heavy atom. The predicted octanol–water partition coefficient (Wildman–Crippen LogP) is 3.50. The molecule has 0 bridgehead atoms. The first-order valence-electron chi connectivity index (χ1n) is 9.46. The molecular weight excluding hydrogens is 376 g/mol. The number of nitrogens with one attached hydrogen (secondary N) is 1. The second-order valence-corrected chi connectivity index (χ2v) is 8.72. The van der Waals surface area contributed by atoms with Crippen molar-refractivity contribution < 1.29 is 17.9 Å². The average molecular weight is 403 g/mol. The Labute approximate surface area is 166 Å². The summed E-state index contributed by atoms with van der Waals surface area (Å²) in [5.74, 6) is -0.571. The van der Waals surface area contributed by atoms with E-state index < -0.39 is 22.0 Å². The Bertz CT molecular complexity index is 920. The first-order valence-corrected chi connectivity index (χ1v) is 10.9. The van der Waals surface area contributed by atoms with E-state index in [0.29, 0.717) is 0 Å². The Balaban J connectivity index is 1.72. The van der Waals surface area contributed by atoms with Gasteiger partial charge in [-0.2, -0.15) is 0 Å². The maximum absolute atomic E-state index is 12.7. The van der Waals surface area contributed by atoms with Gasteiger partial charge in [0.15, 0.2) is 0 Å². The van der Waals surface area contributed by atoms with Gasteiger partial charge < -0.3 is 9.64 Å². The molecule has 1 saturated heterocycles. The topological polar surface area (TPSA) is 75.7 Å². The molecule has 0 saturated carbocycles. The van der Waals surface area contributed by atoms with Gasteiger partial charge in [0.2, 0.25) is 10.0 Å². The summed E-state index contributed by atoms with van der Waals surface area (Å²) in [7, 11) is -2.51.